The van der Waals surface area contributed by atoms with Crippen LogP contribution in [-0.2, 0) is 14.3 Å². The Morgan fingerprint density at radius 1 is 1.37 bits per heavy atom. The van der Waals surface area contributed by atoms with Gasteiger partial charge in [-0.1, -0.05) is 13.8 Å². The maximum Gasteiger partial charge on any atom is 0.246 e. The highest BCUT2D eigenvalue weighted by Gasteiger charge is 2.49. The van der Waals surface area contributed by atoms with Gasteiger partial charge in [0.2, 0.25) is 11.8 Å². The highest BCUT2D eigenvalue weighted by Crippen LogP contribution is 2.31. The van der Waals surface area contributed by atoms with Crippen LogP contribution >= 0.6 is 0 Å². The molecule has 0 aliphatic carbocycles. The molecular weight excluding hydrogens is 244 g/mol. The lowest BCUT2D eigenvalue weighted by atomic mass is 9.85. The minimum atomic E-state index is -0.674. The molecule has 0 bridgehead atoms. The van der Waals surface area contributed by atoms with Gasteiger partial charge in [-0.25, -0.2) is 0 Å². The molecule has 2 rings (SSSR count). The molecule has 2 atom stereocenters. The Labute approximate surface area is 114 Å². The summed E-state index contributed by atoms with van der Waals surface area (Å²) in [7, 11) is 0. The predicted molar refractivity (Wildman–Crippen MR) is 71.6 cm³/mol. The molecule has 0 saturated carbocycles. The van der Waals surface area contributed by atoms with E-state index in [-0.39, 0.29) is 11.8 Å². The lowest BCUT2D eigenvalue weighted by molar-refractivity contribution is -0.158. The zero-order valence-corrected chi connectivity index (χ0v) is 12.1. The highest BCUT2D eigenvalue weighted by molar-refractivity contribution is 5.99. The number of rotatable bonds is 4. The molecule has 2 fully saturated rings. The molecule has 1 N–H and O–H groups in total. The van der Waals surface area contributed by atoms with E-state index in [0.717, 1.165) is 13.0 Å². The molecule has 5 heteroatoms. The molecule has 0 aromatic carbocycles. The first kappa shape index (κ1) is 14.3. The van der Waals surface area contributed by atoms with Gasteiger partial charge in [0.1, 0.15) is 11.6 Å². The third-order valence-corrected chi connectivity index (χ3v) is 4.56. The molecule has 2 unspecified atom stereocenters. The van der Waals surface area contributed by atoms with E-state index < -0.39 is 11.6 Å². The zero-order chi connectivity index (χ0) is 14.0. The Hall–Kier alpha value is -1.10. The standard InChI is InChI=1S/C14H24N2O3/c1-4-14(5-2)13(18)15-10(3)12(17)16(14)8-11-6-7-19-9-11/h10-11H,4-9H2,1-3H3,(H,15,18). The van der Waals surface area contributed by atoms with E-state index in [2.05, 4.69) is 5.32 Å². The van der Waals surface area contributed by atoms with Gasteiger partial charge < -0.3 is 15.0 Å². The normalized spacial score (nSPS) is 30.6. The van der Waals surface area contributed by atoms with Gasteiger partial charge in [0.25, 0.3) is 0 Å². The number of hydrogen-bond acceptors (Lipinski definition) is 3. The molecule has 2 saturated heterocycles. The van der Waals surface area contributed by atoms with Crippen LogP contribution in [0, 0.1) is 5.92 Å². The van der Waals surface area contributed by atoms with Crippen molar-refractivity contribution in [3.05, 3.63) is 0 Å². The topological polar surface area (TPSA) is 58.6 Å². The van der Waals surface area contributed by atoms with Crippen molar-refractivity contribution in [1.82, 2.24) is 10.2 Å². The fourth-order valence-corrected chi connectivity index (χ4v) is 3.16. The van der Waals surface area contributed by atoms with Crippen molar-refractivity contribution in [1.29, 1.82) is 0 Å². The first-order valence-electron chi connectivity index (χ1n) is 7.25. The maximum absolute atomic E-state index is 12.5. The Bertz CT molecular complexity index is 360. The lowest BCUT2D eigenvalue weighted by Crippen LogP contribution is -2.70. The second-order valence-electron chi connectivity index (χ2n) is 5.61. The van der Waals surface area contributed by atoms with Crippen LogP contribution in [0.2, 0.25) is 0 Å². The predicted octanol–water partition coefficient (Wildman–Crippen LogP) is 0.929. The molecule has 2 amide bonds. The molecule has 0 spiro atoms. The van der Waals surface area contributed by atoms with E-state index in [1.54, 1.807) is 6.92 Å². The van der Waals surface area contributed by atoms with Crippen LogP contribution in [0.25, 0.3) is 0 Å². The van der Waals surface area contributed by atoms with E-state index in [4.69, 9.17) is 4.74 Å². The molecule has 2 aliphatic rings. The summed E-state index contributed by atoms with van der Waals surface area (Å²) < 4.78 is 5.38. The summed E-state index contributed by atoms with van der Waals surface area (Å²) in [6.45, 7) is 7.81. The first-order valence-corrected chi connectivity index (χ1v) is 7.25. The SMILES string of the molecule is CCC1(CC)C(=O)NC(C)C(=O)N1CC1CCOC1. The van der Waals surface area contributed by atoms with Crippen molar-refractivity contribution in [3.63, 3.8) is 0 Å². The number of nitrogens with zero attached hydrogens (tertiary/aromatic N) is 1. The van der Waals surface area contributed by atoms with Gasteiger partial charge in [-0.15, -0.1) is 0 Å². The first-order chi connectivity index (χ1) is 9.05. The quantitative estimate of drug-likeness (QED) is 0.825. The Kier molecular flexibility index (Phi) is 4.13. The van der Waals surface area contributed by atoms with E-state index >= 15 is 0 Å². The van der Waals surface area contributed by atoms with Crippen LogP contribution in [0.15, 0.2) is 0 Å². The minimum Gasteiger partial charge on any atom is -0.381 e. The largest absolute Gasteiger partial charge is 0.381 e. The number of carbonyl (C=O) groups excluding carboxylic acids is 2. The van der Waals surface area contributed by atoms with Crippen LogP contribution in [0.3, 0.4) is 0 Å². The van der Waals surface area contributed by atoms with Crippen LogP contribution in [0.4, 0.5) is 0 Å². The van der Waals surface area contributed by atoms with Crippen LogP contribution in [0.1, 0.15) is 40.0 Å². The molecule has 108 valence electrons. The average Bonchev–Trinajstić information content (AvgIpc) is 2.90. The van der Waals surface area contributed by atoms with Crippen molar-refractivity contribution in [2.45, 2.75) is 51.6 Å². The van der Waals surface area contributed by atoms with Gasteiger partial charge in [-0.2, -0.15) is 0 Å². The van der Waals surface area contributed by atoms with Crippen LogP contribution in [-0.4, -0.2) is 48.1 Å². The van der Waals surface area contributed by atoms with Gasteiger partial charge in [-0.3, -0.25) is 9.59 Å². The summed E-state index contributed by atoms with van der Waals surface area (Å²) in [6.07, 6.45) is 2.28. The second-order valence-corrected chi connectivity index (χ2v) is 5.61. The van der Waals surface area contributed by atoms with Crippen molar-refractivity contribution in [3.8, 4) is 0 Å². The third kappa shape index (κ3) is 2.36. The van der Waals surface area contributed by atoms with E-state index in [1.165, 1.54) is 0 Å². The molecule has 5 nitrogen and oxygen atoms in total. The maximum atomic E-state index is 12.5. The van der Waals surface area contributed by atoms with E-state index in [9.17, 15) is 9.59 Å². The number of hydrogen-bond donors (Lipinski definition) is 1. The van der Waals surface area contributed by atoms with Gasteiger partial charge in [0, 0.05) is 19.1 Å². The van der Waals surface area contributed by atoms with E-state index in [0.29, 0.717) is 31.9 Å². The summed E-state index contributed by atoms with van der Waals surface area (Å²) in [5.41, 5.74) is -0.674. The number of amides is 2. The van der Waals surface area contributed by atoms with Crippen LogP contribution < -0.4 is 5.32 Å². The zero-order valence-electron chi connectivity index (χ0n) is 12.1. The monoisotopic (exact) mass is 268 g/mol. The van der Waals surface area contributed by atoms with Crippen molar-refractivity contribution < 1.29 is 14.3 Å². The van der Waals surface area contributed by atoms with Gasteiger partial charge >= 0.3 is 0 Å². The summed E-state index contributed by atoms with van der Waals surface area (Å²) in [5, 5.41) is 2.82. The molecule has 0 aromatic heterocycles. The summed E-state index contributed by atoms with van der Waals surface area (Å²) in [4.78, 5) is 26.7. The van der Waals surface area contributed by atoms with Gasteiger partial charge in [-0.05, 0) is 26.2 Å². The summed E-state index contributed by atoms with van der Waals surface area (Å²) in [6, 6.07) is -0.416. The highest BCUT2D eigenvalue weighted by atomic mass is 16.5. The second kappa shape index (κ2) is 5.49. The molecule has 0 aromatic rings. The van der Waals surface area contributed by atoms with Crippen molar-refractivity contribution in [2.24, 2.45) is 5.92 Å². The molecular formula is C14H24N2O3. The fourth-order valence-electron chi connectivity index (χ4n) is 3.16. The minimum absolute atomic E-state index is 0.0106. The van der Waals surface area contributed by atoms with Gasteiger partial charge in [0.05, 0.1) is 6.61 Å². The van der Waals surface area contributed by atoms with Crippen molar-refractivity contribution >= 4 is 11.8 Å². The number of carbonyl (C=O) groups is 2. The smallest absolute Gasteiger partial charge is 0.246 e. The number of nitrogens with one attached hydrogen (secondary N) is 1. The Morgan fingerprint density at radius 3 is 2.58 bits per heavy atom. The Morgan fingerprint density at radius 2 is 2.05 bits per heavy atom. The Balaban J connectivity index is 2.25. The molecule has 0 radical (unpaired) electrons. The van der Waals surface area contributed by atoms with E-state index in [1.807, 2.05) is 18.7 Å². The van der Waals surface area contributed by atoms with Gasteiger partial charge in [0.15, 0.2) is 0 Å². The molecule has 2 aliphatic heterocycles. The van der Waals surface area contributed by atoms with Crippen molar-refractivity contribution in [2.75, 3.05) is 19.8 Å². The third-order valence-electron chi connectivity index (χ3n) is 4.56. The fraction of sp³-hybridized carbons (Fsp3) is 0.857. The summed E-state index contributed by atoms with van der Waals surface area (Å²) in [5.74, 6) is 0.387. The summed E-state index contributed by atoms with van der Waals surface area (Å²) >= 11 is 0. The molecule has 2 heterocycles. The van der Waals surface area contributed by atoms with Crippen LogP contribution in [0.5, 0.6) is 0 Å². The lowest BCUT2D eigenvalue weighted by Gasteiger charge is -2.47. The number of piperazine rings is 1. The average molecular weight is 268 g/mol. The number of ether oxygens (including phenoxy) is 1. The molecule has 19 heavy (non-hydrogen) atoms.